The lowest BCUT2D eigenvalue weighted by Crippen LogP contribution is -2.15. The molecule has 0 unspecified atom stereocenters. The minimum atomic E-state index is -4.90. The van der Waals surface area contributed by atoms with Crippen molar-refractivity contribution in [2.45, 2.75) is 20.0 Å². The maximum atomic E-state index is 14.6. The number of nitrogens with zero attached hydrogens (tertiary/aromatic N) is 3. The van der Waals surface area contributed by atoms with Crippen molar-refractivity contribution in [3.05, 3.63) is 76.3 Å². The van der Waals surface area contributed by atoms with Crippen LogP contribution in [0.5, 0.6) is 0 Å². The fraction of sp³-hybridized carbons (Fsp3) is 0.174. The fourth-order valence-electron chi connectivity index (χ4n) is 3.50. The molecule has 0 saturated heterocycles. The highest BCUT2D eigenvalue weighted by Gasteiger charge is 2.42. The van der Waals surface area contributed by atoms with Gasteiger partial charge >= 0.3 is 12.1 Å². The predicted octanol–water partition coefficient (Wildman–Crippen LogP) is 6.49. The Kier molecular flexibility index (Phi) is 6.18. The van der Waals surface area contributed by atoms with E-state index in [1.165, 1.54) is 31.2 Å². The first-order chi connectivity index (χ1) is 16.1. The quantitative estimate of drug-likeness (QED) is 0.235. The van der Waals surface area contributed by atoms with Crippen molar-refractivity contribution >= 4 is 17.6 Å². The Labute approximate surface area is 195 Å². The van der Waals surface area contributed by atoms with Gasteiger partial charge in [-0.3, -0.25) is 0 Å². The van der Waals surface area contributed by atoms with E-state index in [1.807, 2.05) is 0 Å². The third-order valence-electron chi connectivity index (χ3n) is 4.90. The summed E-state index contributed by atoms with van der Waals surface area (Å²) in [5.74, 6) is -2.46. The fourth-order valence-corrected chi connectivity index (χ4v) is 3.76. The molecule has 0 fully saturated rings. The predicted molar refractivity (Wildman–Crippen MR) is 115 cm³/mol. The molecule has 6 nitrogen and oxygen atoms in total. The van der Waals surface area contributed by atoms with E-state index in [0.717, 1.165) is 12.3 Å². The molecule has 0 saturated carbocycles. The van der Waals surface area contributed by atoms with Crippen molar-refractivity contribution in [1.29, 1.82) is 0 Å². The van der Waals surface area contributed by atoms with Crippen LogP contribution in [0.4, 0.5) is 17.6 Å². The SMILES string of the molecule is CCOC(=O)c1c(-c2c(F)cccc2Cl)noc1-c1cnn(-c2cccc(C)c2)c1C(F)(F)F. The Balaban J connectivity index is 2.01. The average Bonchev–Trinajstić information content (AvgIpc) is 3.38. The van der Waals surface area contributed by atoms with E-state index in [9.17, 15) is 22.4 Å². The van der Waals surface area contributed by atoms with Gasteiger partial charge in [-0.25, -0.2) is 13.9 Å². The van der Waals surface area contributed by atoms with Crippen LogP contribution in [-0.2, 0) is 10.9 Å². The lowest BCUT2D eigenvalue weighted by atomic mass is 10.0. The second-order valence-electron chi connectivity index (χ2n) is 7.21. The topological polar surface area (TPSA) is 70.2 Å². The third kappa shape index (κ3) is 4.16. The van der Waals surface area contributed by atoms with E-state index >= 15 is 0 Å². The molecule has 34 heavy (non-hydrogen) atoms. The van der Waals surface area contributed by atoms with Crippen LogP contribution in [0, 0.1) is 12.7 Å². The zero-order chi connectivity index (χ0) is 24.6. The molecular formula is C23H16ClF4N3O3. The van der Waals surface area contributed by atoms with E-state index in [0.29, 0.717) is 10.2 Å². The Morgan fingerprint density at radius 3 is 2.59 bits per heavy atom. The van der Waals surface area contributed by atoms with E-state index in [4.69, 9.17) is 20.9 Å². The molecule has 0 N–H and O–H groups in total. The minimum Gasteiger partial charge on any atom is -0.462 e. The Bertz CT molecular complexity index is 1360. The second kappa shape index (κ2) is 8.94. The van der Waals surface area contributed by atoms with Gasteiger partial charge in [0, 0.05) is 0 Å². The molecule has 176 valence electrons. The molecule has 0 aliphatic carbocycles. The van der Waals surface area contributed by atoms with Gasteiger partial charge < -0.3 is 9.26 Å². The van der Waals surface area contributed by atoms with Gasteiger partial charge in [0.25, 0.3) is 0 Å². The van der Waals surface area contributed by atoms with Crippen molar-refractivity contribution < 1.29 is 31.6 Å². The molecule has 0 spiro atoms. The molecule has 4 aromatic rings. The molecule has 2 aromatic heterocycles. The van der Waals surface area contributed by atoms with Gasteiger partial charge in [0.15, 0.2) is 11.5 Å². The number of alkyl halides is 3. The largest absolute Gasteiger partial charge is 0.462 e. The number of aromatic nitrogens is 3. The zero-order valence-corrected chi connectivity index (χ0v) is 18.5. The van der Waals surface area contributed by atoms with Gasteiger partial charge in [-0.1, -0.05) is 35.0 Å². The maximum absolute atomic E-state index is 14.6. The van der Waals surface area contributed by atoms with Crippen LogP contribution in [0.2, 0.25) is 5.02 Å². The van der Waals surface area contributed by atoms with Crippen LogP contribution in [0.3, 0.4) is 0 Å². The molecule has 2 aromatic carbocycles. The summed E-state index contributed by atoms with van der Waals surface area (Å²) in [4.78, 5) is 12.8. The van der Waals surface area contributed by atoms with Crippen molar-refractivity contribution in [3.63, 3.8) is 0 Å². The van der Waals surface area contributed by atoms with Crippen LogP contribution in [0.25, 0.3) is 28.3 Å². The smallest absolute Gasteiger partial charge is 0.434 e. The summed E-state index contributed by atoms with van der Waals surface area (Å²) in [7, 11) is 0. The monoisotopic (exact) mass is 493 g/mol. The van der Waals surface area contributed by atoms with Gasteiger partial charge in [0.1, 0.15) is 17.1 Å². The first-order valence-corrected chi connectivity index (χ1v) is 10.3. The molecule has 2 heterocycles. The zero-order valence-electron chi connectivity index (χ0n) is 17.8. The number of carbonyl (C=O) groups is 1. The first-order valence-electron chi connectivity index (χ1n) is 9.97. The van der Waals surface area contributed by atoms with Crippen molar-refractivity contribution in [3.8, 4) is 28.3 Å². The van der Waals surface area contributed by atoms with Gasteiger partial charge in [-0.2, -0.15) is 18.3 Å². The highest BCUT2D eigenvalue weighted by molar-refractivity contribution is 6.33. The minimum absolute atomic E-state index is 0.0947. The van der Waals surface area contributed by atoms with Gasteiger partial charge in [0.2, 0.25) is 0 Å². The molecule has 4 rings (SSSR count). The van der Waals surface area contributed by atoms with Gasteiger partial charge in [0.05, 0.1) is 34.6 Å². The molecule has 0 aliphatic rings. The molecule has 0 amide bonds. The number of carbonyl (C=O) groups excluding carboxylic acids is 1. The summed E-state index contributed by atoms with van der Waals surface area (Å²) in [6.45, 7) is 3.14. The average molecular weight is 494 g/mol. The van der Waals surface area contributed by atoms with Crippen molar-refractivity contribution in [2.75, 3.05) is 6.61 Å². The number of ether oxygens (including phenoxy) is 1. The highest BCUT2D eigenvalue weighted by atomic mass is 35.5. The normalized spacial score (nSPS) is 11.6. The van der Waals surface area contributed by atoms with Gasteiger partial charge in [-0.05, 0) is 43.7 Å². The van der Waals surface area contributed by atoms with Crippen molar-refractivity contribution in [1.82, 2.24) is 14.9 Å². The summed E-state index contributed by atoms with van der Waals surface area (Å²) < 4.78 is 68.2. The Morgan fingerprint density at radius 2 is 1.94 bits per heavy atom. The van der Waals surface area contributed by atoms with E-state index in [1.54, 1.807) is 19.1 Å². The van der Waals surface area contributed by atoms with Gasteiger partial charge in [-0.15, -0.1) is 0 Å². The van der Waals surface area contributed by atoms with E-state index in [2.05, 4.69) is 10.3 Å². The Morgan fingerprint density at radius 1 is 1.21 bits per heavy atom. The molecule has 0 bridgehead atoms. The summed E-state index contributed by atoms with van der Waals surface area (Å²) in [5.41, 5.74) is -2.09. The van der Waals surface area contributed by atoms with Crippen LogP contribution in [-0.4, -0.2) is 27.5 Å². The molecule has 0 aliphatic heterocycles. The number of hydrogen-bond donors (Lipinski definition) is 0. The maximum Gasteiger partial charge on any atom is 0.434 e. The summed E-state index contributed by atoms with van der Waals surface area (Å²) in [5, 5.41) is 7.48. The van der Waals surface area contributed by atoms with Crippen LogP contribution < -0.4 is 0 Å². The Hall–Kier alpha value is -3.66. The van der Waals surface area contributed by atoms with E-state index < -0.39 is 40.5 Å². The highest BCUT2D eigenvalue weighted by Crippen LogP contribution is 2.43. The summed E-state index contributed by atoms with van der Waals surface area (Å²) in [6.07, 6.45) is -3.99. The number of halogens is 5. The van der Waals surface area contributed by atoms with Crippen LogP contribution in [0.15, 0.2) is 53.2 Å². The third-order valence-corrected chi connectivity index (χ3v) is 5.21. The number of benzene rings is 2. The van der Waals surface area contributed by atoms with Crippen LogP contribution in [0.1, 0.15) is 28.5 Å². The standard InChI is InChI=1S/C23H16ClF4N3O3/c1-3-33-22(32)18-19(17-15(24)8-5-9-16(17)25)30-34-20(18)14-11-29-31(21(14)23(26,27)28)13-7-4-6-12(2)10-13/h4-11H,3H2,1-2H3. The number of rotatable bonds is 5. The molecule has 0 radical (unpaired) electrons. The molecule has 11 heteroatoms. The number of hydrogen-bond acceptors (Lipinski definition) is 5. The van der Waals surface area contributed by atoms with Crippen LogP contribution >= 0.6 is 11.6 Å². The summed E-state index contributed by atoms with van der Waals surface area (Å²) >= 11 is 6.11. The lowest BCUT2D eigenvalue weighted by molar-refractivity contribution is -0.142. The van der Waals surface area contributed by atoms with Crippen molar-refractivity contribution in [2.24, 2.45) is 0 Å². The lowest BCUT2D eigenvalue weighted by Gasteiger charge is -2.13. The first kappa shape index (κ1) is 23.5. The number of esters is 1. The summed E-state index contributed by atoms with van der Waals surface area (Å²) in [6, 6.07) is 10.0. The number of aryl methyl sites for hydroxylation is 1. The van der Waals surface area contributed by atoms with E-state index in [-0.39, 0.29) is 28.6 Å². The second-order valence-corrected chi connectivity index (χ2v) is 7.62. The molecular weight excluding hydrogens is 478 g/mol. The molecule has 0 atom stereocenters.